The summed E-state index contributed by atoms with van der Waals surface area (Å²) in [7, 11) is 0. The van der Waals surface area contributed by atoms with Crippen LogP contribution in [0.3, 0.4) is 0 Å². The fourth-order valence-corrected chi connectivity index (χ4v) is 1.63. The number of hydrogen-bond acceptors (Lipinski definition) is 4. The lowest BCUT2D eigenvalue weighted by molar-refractivity contribution is -0.385. The first kappa shape index (κ1) is 12.7. The highest BCUT2D eigenvalue weighted by Crippen LogP contribution is 2.29. The maximum absolute atomic E-state index is 12.5. The Morgan fingerprint density at radius 1 is 1.62 bits per heavy atom. The van der Waals surface area contributed by atoms with Crippen LogP contribution in [0.4, 0.5) is 14.5 Å². The van der Waals surface area contributed by atoms with E-state index in [9.17, 15) is 23.7 Å². The molecule has 1 rings (SSSR count). The molecule has 9 heteroatoms. The average molecular weight is 343 g/mol. The first-order valence-electron chi connectivity index (χ1n) is 3.77. The number of hydrogen-bond donors (Lipinski definition) is 1. The van der Waals surface area contributed by atoms with E-state index in [-0.39, 0.29) is 3.70 Å². The molecule has 86 valence electrons. The molecule has 0 aromatic carbocycles. The fourth-order valence-electron chi connectivity index (χ4n) is 1.07. The summed E-state index contributed by atoms with van der Waals surface area (Å²) in [5.74, 6) is -1.30. The van der Waals surface area contributed by atoms with E-state index < -0.39 is 34.2 Å². The largest absolute Gasteiger partial charge is 0.365 e. The third kappa shape index (κ3) is 2.40. The zero-order chi connectivity index (χ0) is 12.5. The monoisotopic (exact) mass is 343 g/mol. The van der Waals surface area contributed by atoms with Gasteiger partial charge in [-0.15, -0.1) is 0 Å². The molecule has 0 saturated heterocycles. The Labute approximate surface area is 101 Å². The van der Waals surface area contributed by atoms with Gasteiger partial charge in [0.2, 0.25) is 0 Å². The van der Waals surface area contributed by atoms with Gasteiger partial charge in [0, 0.05) is 6.07 Å². The van der Waals surface area contributed by atoms with Gasteiger partial charge in [-0.2, -0.15) is 0 Å². The van der Waals surface area contributed by atoms with Gasteiger partial charge in [0.25, 0.3) is 18.0 Å². The van der Waals surface area contributed by atoms with Crippen molar-refractivity contribution >= 4 is 34.2 Å². The van der Waals surface area contributed by atoms with E-state index in [1.54, 1.807) is 0 Å². The molecule has 1 aromatic heterocycles. The number of nitro groups is 1. The number of halogens is 3. The summed E-state index contributed by atoms with van der Waals surface area (Å²) in [6, 6.07) is 0.909. The lowest BCUT2D eigenvalue weighted by Gasteiger charge is -2.06. The lowest BCUT2D eigenvalue weighted by atomic mass is 10.1. The van der Waals surface area contributed by atoms with Crippen LogP contribution in [0.15, 0.2) is 6.07 Å². The summed E-state index contributed by atoms with van der Waals surface area (Å²) in [6.07, 6.45) is -3.10. The molecule has 0 bridgehead atoms. The molecule has 1 heterocycles. The Hall–Kier alpha value is -1.39. The summed E-state index contributed by atoms with van der Waals surface area (Å²) < 4.78 is 25.0. The molecule has 6 nitrogen and oxygen atoms in total. The Balaban J connectivity index is 3.60. The topological polar surface area (TPSA) is 99.1 Å². The van der Waals surface area contributed by atoms with Gasteiger partial charge in [-0.05, 0) is 22.6 Å². The zero-order valence-corrected chi connectivity index (χ0v) is 9.64. The average Bonchev–Trinajstić information content (AvgIpc) is 2.15. The van der Waals surface area contributed by atoms with Crippen molar-refractivity contribution < 1.29 is 18.5 Å². The van der Waals surface area contributed by atoms with Gasteiger partial charge in [0.1, 0.15) is 15.0 Å². The molecule has 2 N–H and O–H groups in total. The third-order valence-corrected chi connectivity index (χ3v) is 2.20. The number of primary amides is 1. The van der Waals surface area contributed by atoms with Crippen LogP contribution in [0.2, 0.25) is 0 Å². The van der Waals surface area contributed by atoms with E-state index >= 15 is 0 Å². The highest BCUT2D eigenvalue weighted by atomic mass is 127. The number of carbonyl (C=O) groups excluding carboxylic acids is 1. The number of nitrogens with two attached hydrogens (primary N) is 1. The van der Waals surface area contributed by atoms with Crippen LogP contribution in [-0.2, 0) is 0 Å². The van der Waals surface area contributed by atoms with Gasteiger partial charge in [0.15, 0.2) is 0 Å². The molecule has 0 aliphatic carbocycles. The van der Waals surface area contributed by atoms with E-state index in [4.69, 9.17) is 5.73 Å². The van der Waals surface area contributed by atoms with Crippen LogP contribution in [0.25, 0.3) is 0 Å². The SMILES string of the molecule is NC(=O)c1c([N+](=O)[O-])cc(I)nc1C(F)F. The highest BCUT2D eigenvalue weighted by molar-refractivity contribution is 14.1. The third-order valence-electron chi connectivity index (χ3n) is 1.65. The lowest BCUT2D eigenvalue weighted by Crippen LogP contribution is -2.18. The molecule has 1 amide bonds. The highest BCUT2D eigenvalue weighted by Gasteiger charge is 2.29. The van der Waals surface area contributed by atoms with Crippen molar-refractivity contribution in [3.8, 4) is 0 Å². The van der Waals surface area contributed by atoms with Gasteiger partial charge in [0.05, 0.1) is 4.92 Å². The van der Waals surface area contributed by atoms with Crippen molar-refractivity contribution in [1.82, 2.24) is 4.98 Å². The molecule has 0 unspecified atom stereocenters. The predicted octanol–water partition coefficient (Wildman–Crippen LogP) is 1.63. The number of alkyl halides is 2. The number of carbonyl (C=O) groups is 1. The van der Waals surface area contributed by atoms with Crippen molar-refractivity contribution in [2.45, 2.75) is 6.43 Å². The first-order valence-corrected chi connectivity index (χ1v) is 4.85. The molecule has 0 saturated carbocycles. The van der Waals surface area contributed by atoms with Crippen molar-refractivity contribution in [2.75, 3.05) is 0 Å². The minimum absolute atomic E-state index is 0.00963. The van der Waals surface area contributed by atoms with Gasteiger partial charge in [-0.3, -0.25) is 14.9 Å². The maximum Gasteiger partial charge on any atom is 0.286 e. The molecule has 0 radical (unpaired) electrons. The molecular formula is C7H4F2IN3O3. The van der Waals surface area contributed by atoms with Crippen molar-refractivity contribution in [3.63, 3.8) is 0 Å². The summed E-state index contributed by atoms with van der Waals surface area (Å²) in [6.45, 7) is 0. The van der Waals surface area contributed by atoms with Gasteiger partial charge < -0.3 is 5.73 Å². The minimum Gasteiger partial charge on any atom is -0.365 e. The summed E-state index contributed by atoms with van der Waals surface area (Å²) in [5.41, 5.74) is 2.25. The number of amides is 1. The van der Waals surface area contributed by atoms with Gasteiger partial charge >= 0.3 is 0 Å². The fraction of sp³-hybridized carbons (Fsp3) is 0.143. The Morgan fingerprint density at radius 2 is 2.19 bits per heavy atom. The second kappa shape index (κ2) is 4.63. The molecule has 16 heavy (non-hydrogen) atoms. The van der Waals surface area contributed by atoms with Crippen LogP contribution >= 0.6 is 22.6 Å². The zero-order valence-electron chi connectivity index (χ0n) is 7.49. The first-order chi connectivity index (χ1) is 7.34. The second-order valence-corrected chi connectivity index (χ2v) is 3.75. The van der Waals surface area contributed by atoms with Gasteiger partial charge in [-0.1, -0.05) is 0 Å². The maximum atomic E-state index is 12.5. The Morgan fingerprint density at radius 3 is 2.56 bits per heavy atom. The normalized spacial score (nSPS) is 10.5. The second-order valence-electron chi connectivity index (χ2n) is 2.65. The van der Waals surface area contributed by atoms with E-state index in [0.717, 1.165) is 6.07 Å². The quantitative estimate of drug-likeness (QED) is 0.390. The molecular weight excluding hydrogens is 339 g/mol. The number of rotatable bonds is 3. The van der Waals surface area contributed by atoms with Crippen LogP contribution in [-0.4, -0.2) is 15.8 Å². The Bertz CT molecular complexity index is 466. The molecule has 1 aromatic rings. The number of nitrogens with zero attached hydrogens (tertiary/aromatic N) is 2. The van der Waals surface area contributed by atoms with Crippen molar-refractivity contribution in [1.29, 1.82) is 0 Å². The smallest absolute Gasteiger partial charge is 0.286 e. The van der Waals surface area contributed by atoms with E-state index in [0.29, 0.717) is 0 Å². The minimum atomic E-state index is -3.10. The predicted molar refractivity (Wildman–Crippen MR) is 57.1 cm³/mol. The van der Waals surface area contributed by atoms with E-state index in [1.807, 2.05) is 0 Å². The van der Waals surface area contributed by atoms with Crippen LogP contribution in [0, 0.1) is 13.8 Å². The summed E-state index contributed by atoms with van der Waals surface area (Å²) in [4.78, 5) is 23.9. The molecule has 0 fully saturated rings. The molecule has 0 spiro atoms. The van der Waals surface area contributed by atoms with Crippen molar-refractivity contribution in [3.05, 3.63) is 31.1 Å². The standard InChI is InChI=1S/C7H4F2IN3O3/c8-6(9)5-4(7(11)14)2(13(15)16)1-3(10)12-5/h1,6H,(H2,11,14). The summed E-state index contributed by atoms with van der Waals surface area (Å²) >= 11 is 1.54. The van der Waals surface area contributed by atoms with E-state index in [2.05, 4.69) is 4.98 Å². The van der Waals surface area contributed by atoms with Crippen molar-refractivity contribution in [2.24, 2.45) is 5.73 Å². The summed E-state index contributed by atoms with van der Waals surface area (Å²) in [5, 5.41) is 10.6. The van der Waals surface area contributed by atoms with Crippen LogP contribution < -0.4 is 5.73 Å². The molecule has 0 aliphatic heterocycles. The molecule has 0 atom stereocenters. The molecule has 0 aliphatic rings. The Kier molecular flexibility index (Phi) is 3.67. The number of aromatic nitrogens is 1. The van der Waals surface area contributed by atoms with Crippen LogP contribution in [0.1, 0.15) is 22.5 Å². The van der Waals surface area contributed by atoms with Gasteiger partial charge in [-0.25, -0.2) is 13.8 Å². The van der Waals surface area contributed by atoms with E-state index in [1.165, 1.54) is 22.6 Å². The number of pyridine rings is 1. The van der Waals surface area contributed by atoms with Crippen LogP contribution in [0.5, 0.6) is 0 Å².